The lowest BCUT2D eigenvalue weighted by atomic mass is 10.1. The third-order valence-electron chi connectivity index (χ3n) is 3.27. The molecule has 0 atom stereocenters. The molecule has 0 aliphatic rings. The van der Waals surface area contributed by atoms with E-state index in [0.717, 1.165) is 18.4 Å². The molecule has 0 heterocycles. The van der Waals surface area contributed by atoms with Gasteiger partial charge in [0.1, 0.15) is 0 Å². The van der Waals surface area contributed by atoms with Crippen molar-refractivity contribution in [3.8, 4) is 0 Å². The fourth-order valence-electron chi connectivity index (χ4n) is 2.18. The quantitative estimate of drug-likeness (QED) is 0.784. The second-order valence-corrected chi connectivity index (χ2v) is 5.05. The Hall–Kier alpha value is -1.32. The molecule has 0 aromatic heterocycles. The zero-order valence-corrected chi connectivity index (χ0v) is 12.8. The van der Waals surface area contributed by atoms with E-state index >= 15 is 0 Å². The van der Waals surface area contributed by atoms with Crippen LogP contribution < -0.4 is 0 Å². The van der Waals surface area contributed by atoms with Crippen LogP contribution >= 0.6 is 11.6 Å². The topological polar surface area (TPSA) is 40.5 Å². The van der Waals surface area contributed by atoms with Crippen LogP contribution in [0.3, 0.4) is 0 Å². The van der Waals surface area contributed by atoms with E-state index in [1.807, 2.05) is 26.0 Å². The lowest BCUT2D eigenvalue weighted by Gasteiger charge is -2.29. The molecule has 0 saturated carbocycles. The Morgan fingerprint density at radius 2 is 2.10 bits per heavy atom. The van der Waals surface area contributed by atoms with Crippen molar-refractivity contribution in [1.82, 2.24) is 4.90 Å². The van der Waals surface area contributed by atoms with Crippen molar-refractivity contribution in [2.75, 3.05) is 13.2 Å². The minimum atomic E-state index is -0.0762. The number of benzene rings is 1. The number of carbonyl (C=O) groups excluding carboxylic acids is 1. The molecule has 0 radical (unpaired) electrons. The molecule has 1 rings (SSSR count). The van der Waals surface area contributed by atoms with Crippen molar-refractivity contribution in [3.63, 3.8) is 0 Å². The molecule has 20 heavy (non-hydrogen) atoms. The number of aliphatic hydroxyl groups is 1. The number of carbonyl (C=O) groups is 1. The number of nitrogens with zero attached hydrogens (tertiary/aromatic N) is 1. The lowest BCUT2D eigenvalue weighted by molar-refractivity contribution is -0.128. The Labute approximate surface area is 125 Å². The molecule has 110 valence electrons. The molecule has 3 nitrogen and oxygen atoms in total. The van der Waals surface area contributed by atoms with Crippen LogP contribution in [0.1, 0.15) is 32.3 Å². The molecule has 1 aromatic rings. The Bertz CT molecular complexity index is 456. The summed E-state index contributed by atoms with van der Waals surface area (Å²) in [6.45, 7) is 4.44. The van der Waals surface area contributed by atoms with Crippen LogP contribution in [-0.2, 0) is 4.79 Å². The zero-order valence-electron chi connectivity index (χ0n) is 12.1. The molecule has 0 bridgehead atoms. The number of amides is 1. The molecular weight excluding hydrogens is 274 g/mol. The van der Waals surface area contributed by atoms with Crippen molar-refractivity contribution in [1.29, 1.82) is 0 Å². The number of hydrogen-bond donors (Lipinski definition) is 1. The van der Waals surface area contributed by atoms with Gasteiger partial charge in [-0.3, -0.25) is 4.79 Å². The minimum absolute atomic E-state index is 0.0206. The fraction of sp³-hybridized carbons (Fsp3) is 0.438. The highest BCUT2D eigenvalue weighted by molar-refractivity contribution is 6.30. The molecule has 0 aliphatic heterocycles. The molecular formula is C16H22ClNO2. The van der Waals surface area contributed by atoms with Crippen molar-refractivity contribution < 1.29 is 9.90 Å². The molecule has 1 amide bonds. The third-order valence-corrected chi connectivity index (χ3v) is 3.51. The van der Waals surface area contributed by atoms with Gasteiger partial charge < -0.3 is 10.0 Å². The van der Waals surface area contributed by atoms with Gasteiger partial charge in [0.25, 0.3) is 0 Å². The van der Waals surface area contributed by atoms with Gasteiger partial charge in [-0.1, -0.05) is 37.6 Å². The van der Waals surface area contributed by atoms with Gasteiger partial charge >= 0.3 is 0 Å². The summed E-state index contributed by atoms with van der Waals surface area (Å²) in [7, 11) is 0. The Balaban J connectivity index is 2.80. The number of hydrogen-bond acceptors (Lipinski definition) is 2. The largest absolute Gasteiger partial charge is 0.395 e. The predicted octanol–water partition coefficient (Wildman–Crippen LogP) is 3.36. The molecule has 4 heteroatoms. The van der Waals surface area contributed by atoms with Gasteiger partial charge in [-0.15, -0.1) is 0 Å². The maximum Gasteiger partial charge on any atom is 0.246 e. The van der Waals surface area contributed by atoms with E-state index in [9.17, 15) is 4.79 Å². The van der Waals surface area contributed by atoms with E-state index in [0.29, 0.717) is 11.6 Å². The van der Waals surface area contributed by atoms with Crippen molar-refractivity contribution in [2.24, 2.45) is 0 Å². The highest BCUT2D eigenvalue weighted by Gasteiger charge is 2.18. The monoisotopic (exact) mass is 295 g/mol. The third kappa shape index (κ3) is 4.99. The first-order valence-corrected chi connectivity index (χ1v) is 7.35. The maximum absolute atomic E-state index is 12.2. The van der Waals surface area contributed by atoms with Gasteiger partial charge in [0.05, 0.1) is 6.61 Å². The van der Waals surface area contributed by atoms with E-state index in [2.05, 4.69) is 0 Å². The summed E-state index contributed by atoms with van der Waals surface area (Å²) in [6, 6.07) is 7.50. The fourth-order valence-corrected chi connectivity index (χ4v) is 2.38. The highest BCUT2D eigenvalue weighted by Crippen LogP contribution is 2.13. The predicted molar refractivity (Wildman–Crippen MR) is 83.7 cm³/mol. The summed E-state index contributed by atoms with van der Waals surface area (Å²) in [5, 5.41) is 9.76. The van der Waals surface area contributed by atoms with E-state index in [4.69, 9.17) is 16.7 Å². The Kier molecular flexibility index (Phi) is 7.34. The molecule has 0 fully saturated rings. The Morgan fingerprint density at radius 3 is 2.65 bits per heavy atom. The summed E-state index contributed by atoms with van der Waals surface area (Å²) < 4.78 is 0. The van der Waals surface area contributed by atoms with E-state index in [1.165, 1.54) is 0 Å². The molecule has 1 aromatic carbocycles. The van der Waals surface area contributed by atoms with Crippen LogP contribution in [0, 0.1) is 0 Å². The number of halogens is 1. The van der Waals surface area contributed by atoms with Crippen LogP contribution in [0.25, 0.3) is 6.08 Å². The van der Waals surface area contributed by atoms with Gasteiger partial charge in [-0.25, -0.2) is 0 Å². The molecule has 1 N–H and O–H groups in total. The number of aliphatic hydroxyl groups excluding tert-OH is 1. The van der Waals surface area contributed by atoms with Crippen molar-refractivity contribution in [3.05, 3.63) is 40.9 Å². The summed E-state index contributed by atoms with van der Waals surface area (Å²) in [4.78, 5) is 14.0. The minimum Gasteiger partial charge on any atom is -0.395 e. The highest BCUT2D eigenvalue weighted by atomic mass is 35.5. The SMILES string of the molecule is CCC(CC)N(CCO)C(=O)C=Cc1cccc(Cl)c1. The van der Waals surface area contributed by atoms with Crippen LogP contribution in [0.15, 0.2) is 30.3 Å². The van der Waals surface area contributed by atoms with Gasteiger partial charge in [0.15, 0.2) is 0 Å². The number of rotatable bonds is 7. The normalized spacial score (nSPS) is 11.2. The van der Waals surface area contributed by atoms with Gasteiger partial charge in [-0.05, 0) is 36.6 Å². The second-order valence-electron chi connectivity index (χ2n) is 4.61. The first-order valence-electron chi connectivity index (χ1n) is 6.97. The first-order chi connectivity index (χ1) is 9.62. The van der Waals surface area contributed by atoms with Gasteiger partial charge in [0, 0.05) is 23.7 Å². The molecule has 0 saturated heterocycles. The smallest absolute Gasteiger partial charge is 0.246 e. The Morgan fingerprint density at radius 1 is 1.40 bits per heavy atom. The summed E-state index contributed by atoms with van der Waals surface area (Å²) in [5.74, 6) is -0.0762. The van der Waals surface area contributed by atoms with E-state index in [1.54, 1.807) is 29.2 Å². The standard InChI is InChI=1S/C16H22ClNO2/c1-3-15(4-2)18(10-11-19)16(20)9-8-13-6-5-7-14(17)12-13/h5-9,12,15,19H,3-4,10-11H2,1-2H3. The lowest BCUT2D eigenvalue weighted by Crippen LogP contribution is -2.40. The van der Waals surface area contributed by atoms with Crippen LogP contribution in [-0.4, -0.2) is 35.1 Å². The van der Waals surface area contributed by atoms with Crippen LogP contribution in [0.2, 0.25) is 5.02 Å². The average Bonchev–Trinajstić information content (AvgIpc) is 2.45. The van der Waals surface area contributed by atoms with Crippen LogP contribution in [0.5, 0.6) is 0 Å². The maximum atomic E-state index is 12.2. The average molecular weight is 296 g/mol. The van der Waals surface area contributed by atoms with E-state index in [-0.39, 0.29) is 18.6 Å². The van der Waals surface area contributed by atoms with Crippen molar-refractivity contribution in [2.45, 2.75) is 32.7 Å². The summed E-state index contributed by atoms with van der Waals surface area (Å²) in [6.07, 6.45) is 5.06. The molecule has 0 unspecified atom stereocenters. The molecule has 0 aliphatic carbocycles. The molecule has 0 spiro atoms. The van der Waals surface area contributed by atoms with E-state index < -0.39 is 0 Å². The summed E-state index contributed by atoms with van der Waals surface area (Å²) in [5.41, 5.74) is 0.888. The first kappa shape index (κ1) is 16.7. The zero-order chi connectivity index (χ0) is 15.0. The van der Waals surface area contributed by atoms with Crippen LogP contribution in [0.4, 0.5) is 0 Å². The van der Waals surface area contributed by atoms with Gasteiger partial charge in [-0.2, -0.15) is 0 Å². The van der Waals surface area contributed by atoms with Crippen molar-refractivity contribution >= 4 is 23.6 Å². The summed E-state index contributed by atoms with van der Waals surface area (Å²) >= 11 is 5.91. The second kappa shape index (κ2) is 8.77. The van der Waals surface area contributed by atoms with Gasteiger partial charge in [0.2, 0.25) is 5.91 Å².